The highest BCUT2D eigenvalue weighted by Gasteiger charge is 2.08. The van der Waals surface area contributed by atoms with Crippen molar-refractivity contribution in [2.45, 2.75) is 0 Å². The van der Waals surface area contributed by atoms with Gasteiger partial charge >= 0.3 is 0 Å². The minimum Gasteiger partial charge on any atom is -0.492 e. The summed E-state index contributed by atoms with van der Waals surface area (Å²) >= 11 is 0. The van der Waals surface area contributed by atoms with Crippen LogP contribution < -0.4 is 15.4 Å². The second-order valence-corrected chi connectivity index (χ2v) is 5.96. The molecule has 0 aliphatic carbocycles. The van der Waals surface area contributed by atoms with Crippen LogP contribution in [0.5, 0.6) is 5.75 Å². The number of aromatic nitrogens is 4. The fourth-order valence-electron chi connectivity index (χ4n) is 2.74. The van der Waals surface area contributed by atoms with Gasteiger partial charge in [-0.15, -0.1) is 0 Å². The third kappa shape index (κ3) is 3.98. The van der Waals surface area contributed by atoms with Gasteiger partial charge in [0.1, 0.15) is 18.2 Å². The molecule has 0 aliphatic rings. The highest BCUT2D eigenvalue weighted by molar-refractivity contribution is 5.79. The van der Waals surface area contributed by atoms with Crippen LogP contribution in [0.2, 0.25) is 0 Å². The molecule has 0 atom stereocenters. The zero-order valence-electron chi connectivity index (χ0n) is 15.0. The molecular formula is C20H20N6O. The van der Waals surface area contributed by atoms with Crippen molar-refractivity contribution >= 4 is 28.7 Å². The van der Waals surface area contributed by atoms with E-state index in [1.54, 1.807) is 6.20 Å². The van der Waals surface area contributed by atoms with Crippen molar-refractivity contribution in [1.82, 2.24) is 19.5 Å². The van der Waals surface area contributed by atoms with Crippen LogP contribution in [0.25, 0.3) is 11.0 Å². The quantitative estimate of drug-likeness (QED) is 0.491. The lowest BCUT2D eigenvalue weighted by Crippen LogP contribution is -2.13. The second-order valence-electron chi connectivity index (χ2n) is 5.96. The van der Waals surface area contributed by atoms with E-state index < -0.39 is 0 Å². The number of hydrogen-bond donors (Lipinski definition) is 2. The van der Waals surface area contributed by atoms with Crippen LogP contribution in [0.4, 0.5) is 17.7 Å². The smallest absolute Gasteiger partial charge is 0.231 e. The first-order valence-electron chi connectivity index (χ1n) is 8.73. The molecule has 0 bridgehead atoms. The van der Waals surface area contributed by atoms with Crippen molar-refractivity contribution in [3.8, 4) is 5.75 Å². The molecule has 0 saturated heterocycles. The first-order chi connectivity index (χ1) is 13.3. The number of rotatable bonds is 7. The van der Waals surface area contributed by atoms with Gasteiger partial charge in [0.15, 0.2) is 0 Å². The summed E-state index contributed by atoms with van der Waals surface area (Å²) in [6, 6.07) is 19.5. The summed E-state index contributed by atoms with van der Waals surface area (Å²) in [6.07, 6.45) is 1.71. The fourth-order valence-corrected chi connectivity index (χ4v) is 2.74. The predicted octanol–water partition coefficient (Wildman–Crippen LogP) is 3.60. The first-order valence-corrected chi connectivity index (χ1v) is 8.73. The Labute approximate surface area is 157 Å². The summed E-state index contributed by atoms with van der Waals surface area (Å²) in [4.78, 5) is 13.3. The van der Waals surface area contributed by atoms with Gasteiger partial charge in [-0.25, -0.2) is 9.97 Å². The number of nitrogens with one attached hydrogen (secondary N) is 2. The van der Waals surface area contributed by atoms with E-state index in [9.17, 15) is 0 Å². The Hall–Kier alpha value is -3.61. The maximum atomic E-state index is 5.67. The van der Waals surface area contributed by atoms with Crippen LogP contribution in [-0.4, -0.2) is 32.7 Å². The average Bonchev–Trinajstić information content (AvgIpc) is 3.02. The van der Waals surface area contributed by atoms with Crippen LogP contribution >= 0.6 is 0 Å². The van der Waals surface area contributed by atoms with Crippen LogP contribution in [0.15, 0.2) is 66.9 Å². The summed E-state index contributed by atoms with van der Waals surface area (Å²) in [5.41, 5.74) is 1.97. The third-order valence-corrected chi connectivity index (χ3v) is 4.09. The molecule has 2 aromatic heterocycles. The van der Waals surface area contributed by atoms with E-state index in [0.29, 0.717) is 25.0 Å². The van der Waals surface area contributed by atoms with Crippen molar-refractivity contribution in [3.05, 3.63) is 66.9 Å². The number of hydrogen-bond acceptors (Lipinski definition) is 6. The molecule has 0 radical (unpaired) electrons. The van der Waals surface area contributed by atoms with Crippen LogP contribution in [0, 0.1) is 0 Å². The van der Waals surface area contributed by atoms with E-state index in [1.165, 1.54) is 0 Å². The summed E-state index contributed by atoms with van der Waals surface area (Å²) in [7, 11) is 1.96. The van der Waals surface area contributed by atoms with Gasteiger partial charge in [0.05, 0.1) is 17.6 Å². The first kappa shape index (κ1) is 16.8. The number of imidazole rings is 1. The largest absolute Gasteiger partial charge is 0.492 e. The molecule has 27 heavy (non-hydrogen) atoms. The highest BCUT2D eigenvalue weighted by Crippen LogP contribution is 2.20. The molecule has 7 nitrogen and oxygen atoms in total. The molecule has 7 heteroatoms. The Morgan fingerprint density at radius 1 is 0.963 bits per heavy atom. The van der Waals surface area contributed by atoms with E-state index in [1.807, 2.05) is 72.3 Å². The monoisotopic (exact) mass is 360 g/mol. The van der Waals surface area contributed by atoms with Crippen LogP contribution in [0.3, 0.4) is 0 Å². The van der Waals surface area contributed by atoms with Gasteiger partial charge in [0.25, 0.3) is 0 Å². The SMILES string of the molecule is Cn1c(Nc2nccc(NCCOc3ccccc3)n2)nc2ccccc21. The van der Waals surface area contributed by atoms with Crippen molar-refractivity contribution < 1.29 is 4.74 Å². The maximum Gasteiger partial charge on any atom is 0.231 e. The molecule has 0 unspecified atom stereocenters. The molecule has 136 valence electrons. The summed E-state index contributed by atoms with van der Waals surface area (Å²) in [6.45, 7) is 1.18. The van der Waals surface area contributed by atoms with Gasteiger partial charge in [-0.1, -0.05) is 30.3 Å². The number of nitrogens with zero attached hydrogens (tertiary/aromatic N) is 4. The lowest BCUT2D eigenvalue weighted by molar-refractivity contribution is 0.333. The number of aryl methyl sites for hydroxylation is 1. The molecule has 4 rings (SSSR count). The average molecular weight is 360 g/mol. The lowest BCUT2D eigenvalue weighted by atomic mass is 10.3. The van der Waals surface area contributed by atoms with Gasteiger partial charge < -0.3 is 14.6 Å². The fraction of sp³-hybridized carbons (Fsp3) is 0.150. The normalized spacial score (nSPS) is 10.7. The molecule has 0 saturated carbocycles. The topological polar surface area (TPSA) is 76.9 Å². The van der Waals surface area contributed by atoms with Gasteiger partial charge in [-0.3, -0.25) is 5.32 Å². The molecule has 2 heterocycles. The van der Waals surface area contributed by atoms with E-state index in [4.69, 9.17) is 4.74 Å². The van der Waals surface area contributed by atoms with Crippen molar-refractivity contribution in [3.63, 3.8) is 0 Å². The Bertz CT molecular complexity index is 1030. The van der Waals surface area contributed by atoms with E-state index >= 15 is 0 Å². The van der Waals surface area contributed by atoms with E-state index in [-0.39, 0.29) is 0 Å². The molecule has 0 spiro atoms. The van der Waals surface area contributed by atoms with Crippen molar-refractivity contribution in [2.24, 2.45) is 7.05 Å². The second kappa shape index (κ2) is 7.74. The van der Waals surface area contributed by atoms with Gasteiger partial charge in [-0.2, -0.15) is 4.98 Å². The third-order valence-electron chi connectivity index (χ3n) is 4.09. The van der Waals surface area contributed by atoms with E-state index in [0.717, 1.165) is 22.6 Å². The number of fused-ring (bicyclic) bond motifs is 1. The molecule has 0 amide bonds. The number of anilines is 3. The van der Waals surface area contributed by atoms with Crippen LogP contribution in [0.1, 0.15) is 0 Å². The Balaban J connectivity index is 1.38. The highest BCUT2D eigenvalue weighted by atomic mass is 16.5. The van der Waals surface area contributed by atoms with E-state index in [2.05, 4.69) is 25.6 Å². The number of para-hydroxylation sites is 3. The van der Waals surface area contributed by atoms with Crippen LogP contribution in [-0.2, 0) is 7.05 Å². The standard InChI is InChI=1S/C20H20N6O/c1-26-17-10-6-5-9-16(17)23-20(26)25-19-22-12-11-18(24-19)21-13-14-27-15-7-3-2-4-8-15/h2-12H,13-14H2,1H3,(H2,21,22,23,24,25). The van der Waals surface area contributed by atoms with Crippen molar-refractivity contribution in [1.29, 1.82) is 0 Å². The Kier molecular flexibility index (Phi) is 4.82. The zero-order chi connectivity index (χ0) is 18.5. The molecule has 2 N–H and O–H groups in total. The van der Waals surface area contributed by atoms with Crippen molar-refractivity contribution in [2.75, 3.05) is 23.8 Å². The van der Waals surface area contributed by atoms with Gasteiger partial charge in [0, 0.05) is 13.2 Å². The minimum atomic E-state index is 0.488. The van der Waals surface area contributed by atoms with Gasteiger partial charge in [0.2, 0.25) is 11.9 Å². The molecule has 4 aromatic rings. The lowest BCUT2D eigenvalue weighted by Gasteiger charge is -2.09. The molecule has 0 aliphatic heterocycles. The zero-order valence-corrected chi connectivity index (χ0v) is 15.0. The number of ether oxygens (including phenoxy) is 1. The number of benzene rings is 2. The summed E-state index contributed by atoms with van der Waals surface area (Å²) < 4.78 is 7.65. The minimum absolute atomic E-state index is 0.488. The summed E-state index contributed by atoms with van der Waals surface area (Å²) in [5.74, 6) is 2.76. The predicted molar refractivity (Wildman–Crippen MR) is 106 cm³/mol. The Morgan fingerprint density at radius 3 is 2.63 bits per heavy atom. The van der Waals surface area contributed by atoms with Gasteiger partial charge in [-0.05, 0) is 30.3 Å². The summed E-state index contributed by atoms with van der Waals surface area (Å²) in [5, 5.41) is 6.42. The maximum absolute atomic E-state index is 5.67. The molecule has 2 aromatic carbocycles. The molecular weight excluding hydrogens is 340 g/mol. The molecule has 0 fully saturated rings. The Morgan fingerprint density at radius 2 is 1.78 bits per heavy atom.